The maximum absolute atomic E-state index is 12.7. The molecule has 1 aromatic heterocycles. The normalized spacial score (nSPS) is 14.6. The van der Waals surface area contributed by atoms with Gasteiger partial charge in [0.1, 0.15) is 11.4 Å². The molecular weight excluding hydrogens is 512 g/mol. The van der Waals surface area contributed by atoms with E-state index in [4.69, 9.17) is 9.11 Å². The van der Waals surface area contributed by atoms with Crippen LogP contribution in [0.3, 0.4) is 0 Å². The lowest BCUT2D eigenvalue weighted by atomic mass is 9.81. The fourth-order valence-corrected chi connectivity index (χ4v) is 4.25. The van der Waals surface area contributed by atoms with Gasteiger partial charge in [-0.2, -0.15) is 16.8 Å². The number of benzene rings is 1. The minimum atomic E-state index is -4.30. The fourth-order valence-electron chi connectivity index (χ4n) is 3.53. The molecule has 0 unspecified atom stereocenters. The Balaban J connectivity index is 1.97. The maximum Gasteiger partial charge on any atom is 0.269 e. The molecule has 12 nitrogen and oxygen atoms in total. The van der Waals surface area contributed by atoms with E-state index in [-0.39, 0.29) is 29.9 Å². The van der Waals surface area contributed by atoms with Crippen molar-refractivity contribution in [1.82, 2.24) is 15.6 Å². The summed E-state index contributed by atoms with van der Waals surface area (Å²) < 4.78 is 61.5. The first kappa shape index (κ1) is 27.4. The van der Waals surface area contributed by atoms with Gasteiger partial charge >= 0.3 is 0 Å². The number of aromatic nitrogens is 1. The molecule has 0 aliphatic carbocycles. The van der Waals surface area contributed by atoms with Crippen LogP contribution in [-0.4, -0.2) is 73.0 Å². The van der Waals surface area contributed by atoms with Crippen molar-refractivity contribution in [3.05, 3.63) is 47.3 Å². The summed E-state index contributed by atoms with van der Waals surface area (Å²) in [5, 5.41) is 4.64. The van der Waals surface area contributed by atoms with E-state index in [1.54, 1.807) is 6.07 Å². The zero-order valence-corrected chi connectivity index (χ0v) is 21.4. The van der Waals surface area contributed by atoms with Crippen molar-refractivity contribution in [2.45, 2.75) is 26.2 Å². The topological polar surface area (TPSA) is 192 Å². The lowest BCUT2D eigenvalue weighted by Crippen LogP contribution is -2.32. The maximum atomic E-state index is 12.7. The summed E-state index contributed by atoms with van der Waals surface area (Å²) >= 11 is 0. The van der Waals surface area contributed by atoms with Crippen molar-refractivity contribution < 1.29 is 35.5 Å². The Bertz CT molecular complexity index is 1400. The predicted molar refractivity (Wildman–Crippen MR) is 133 cm³/mol. The predicted octanol–water partition coefficient (Wildman–Crippen LogP) is 1.37. The smallest absolute Gasteiger partial charge is 0.269 e. The van der Waals surface area contributed by atoms with Gasteiger partial charge in [-0.1, -0.05) is 19.9 Å². The molecule has 36 heavy (non-hydrogen) atoms. The minimum absolute atomic E-state index is 0.199. The highest BCUT2D eigenvalue weighted by molar-refractivity contribution is 7.86. The van der Waals surface area contributed by atoms with Gasteiger partial charge in [0.25, 0.3) is 32.1 Å². The number of fused-ring (bicyclic) bond motifs is 1. The highest BCUT2D eigenvalue weighted by Gasteiger charge is 2.32. The van der Waals surface area contributed by atoms with Gasteiger partial charge in [0, 0.05) is 24.2 Å². The van der Waals surface area contributed by atoms with Crippen LogP contribution in [-0.2, 0) is 25.7 Å². The minimum Gasteiger partial charge on any atom is -0.350 e. The number of hydrogen-bond acceptors (Lipinski definition) is 8. The van der Waals surface area contributed by atoms with Gasteiger partial charge in [-0.3, -0.25) is 23.7 Å². The van der Waals surface area contributed by atoms with E-state index in [0.717, 1.165) is 17.0 Å². The summed E-state index contributed by atoms with van der Waals surface area (Å²) in [5.74, 6) is -2.98. The first-order valence-corrected chi connectivity index (χ1v) is 14.0. The molecule has 194 valence electrons. The van der Waals surface area contributed by atoms with Crippen LogP contribution < -0.4 is 10.6 Å². The largest absolute Gasteiger partial charge is 0.350 e. The Labute approximate surface area is 208 Å². The van der Waals surface area contributed by atoms with Crippen LogP contribution in [0.15, 0.2) is 35.3 Å². The number of hydrogen-bond donors (Lipinski definition) is 4. The Morgan fingerprint density at radius 3 is 1.83 bits per heavy atom. The standard InChI is InChI=1S/C22H26N4O8S2/c1-13-22(2,3)16-10-14(4-5-17(16)25-13)15-11-18(20(27)23-6-8-35(29,30)31)26-19(12-15)21(28)24-7-9-36(32,33)34/h4-5,10-12H,6-9H2,1-3H3,(H,23,27)(H,24,28)(H,29,30,31)(H,32,33,34). The van der Waals surface area contributed by atoms with Crippen LogP contribution in [0.5, 0.6) is 0 Å². The van der Waals surface area contributed by atoms with Crippen molar-refractivity contribution in [2.75, 3.05) is 24.6 Å². The lowest BCUT2D eigenvalue weighted by Gasteiger charge is -2.20. The van der Waals surface area contributed by atoms with Crippen LogP contribution in [0, 0.1) is 0 Å². The Hall–Kier alpha value is -3.20. The number of nitrogens with one attached hydrogen (secondary N) is 2. The third-order valence-corrected chi connectivity index (χ3v) is 7.22. The van der Waals surface area contributed by atoms with Gasteiger partial charge in [-0.15, -0.1) is 0 Å². The molecule has 1 aromatic carbocycles. The number of amides is 2. The average molecular weight is 539 g/mol. The monoisotopic (exact) mass is 538 g/mol. The zero-order chi connectivity index (χ0) is 26.9. The molecule has 0 bridgehead atoms. The van der Waals surface area contributed by atoms with Gasteiger partial charge in [0.15, 0.2) is 0 Å². The van der Waals surface area contributed by atoms with Crippen molar-refractivity contribution >= 4 is 43.4 Å². The molecule has 3 rings (SSSR count). The third-order valence-electron chi connectivity index (χ3n) is 5.78. The van der Waals surface area contributed by atoms with Gasteiger partial charge < -0.3 is 10.6 Å². The molecule has 0 radical (unpaired) electrons. The molecular formula is C22H26N4O8S2. The average Bonchev–Trinajstić information content (AvgIpc) is 2.99. The van der Waals surface area contributed by atoms with Crippen molar-refractivity contribution in [2.24, 2.45) is 4.99 Å². The quantitative estimate of drug-likeness (QED) is 0.341. The number of carbonyl (C=O) groups is 2. The van der Waals surface area contributed by atoms with Crippen LogP contribution in [0.1, 0.15) is 47.3 Å². The molecule has 1 aliphatic rings. The highest BCUT2D eigenvalue weighted by Crippen LogP contribution is 2.41. The summed E-state index contributed by atoms with van der Waals surface area (Å²) in [7, 11) is -8.60. The molecule has 14 heteroatoms. The number of pyridine rings is 1. The van der Waals surface area contributed by atoms with Gasteiger partial charge in [0.05, 0.1) is 17.2 Å². The van der Waals surface area contributed by atoms with Crippen LogP contribution >= 0.6 is 0 Å². The molecule has 0 saturated heterocycles. The molecule has 2 amide bonds. The summed E-state index contributed by atoms with van der Waals surface area (Å²) in [6.07, 6.45) is 0. The number of aliphatic imine (C=N–C) groups is 1. The molecule has 0 fully saturated rings. The molecule has 2 aromatic rings. The first-order valence-electron chi connectivity index (χ1n) is 10.8. The molecule has 0 spiro atoms. The van der Waals surface area contributed by atoms with Crippen LogP contribution in [0.2, 0.25) is 0 Å². The van der Waals surface area contributed by atoms with E-state index < -0.39 is 43.6 Å². The summed E-state index contributed by atoms with van der Waals surface area (Å²) in [4.78, 5) is 33.9. The zero-order valence-electron chi connectivity index (χ0n) is 19.8. The van der Waals surface area contributed by atoms with E-state index in [1.165, 1.54) is 12.1 Å². The fraction of sp³-hybridized carbons (Fsp3) is 0.364. The van der Waals surface area contributed by atoms with E-state index in [0.29, 0.717) is 11.1 Å². The lowest BCUT2D eigenvalue weighted by molar-refractivity contribution is 0.0947. The molecule has 4 N–H and O–H groups in total. The van der Waals surface area contributed by atoms with Gasteiger partial charge in [0.2, 0.25) is 0 Å². The Kier molecular flexibility index (Phi) is 7.64. The molecule has 0 atom stereocenters. The van der Waals surface area contributed by atoms with E-state index >= 15 is 0 Å². The summed E-state index contributed by atoms with van der Waals surface area (Å²) in [5.41, 5.74) is 3.08. The van der Waals surface area contributed by atoms with E-state index in [1.807, 2.05) is 32.9 Å². The summed E-state index contributed by atoms with van der Waals surface area (Å²) in [6.45, 7) is 5.20. The van der Waals surface area contributed by atoms with Crippen LogP contribution in [0.25, 0.3) is 11.1 Å². The van der Waals surface area contributed by atoms with Crippen molar-refractivity contribution in [1.29, 1.82) is 0 Å². The van der Waals surface area contributed by atoms with E-state index in [9.17, 15) is 26.4 Å². The Morgan fingerprint density at radius 1 is 0.861 bits per heavy atom. The van der Waals surface area contributed by atoms with Gasteiger partial charge in [-0.25, -0.2) is 4.98 Å². The SMILES string of the molecule is CC1=Nc2ccc(-c3cc(C(=O)NCCS(=O)(=O)O)nc(C(=O)NCCS(=O)(=O)O)c3)cc2C1(C)C. The third kappa shape index (κ3) is 6.72. The van der Waals surface area contributed by atoms with Crippen LogP contribution in [0.4, 0.5) is 5.69 Å². The highest BCUT2D eigenvalue weighted by atomic mass is 32.2. The molecule has 1 aliphatic heterocycles. The number of nitrogens with zero attached hydrogens (tertiary/aromatic N) is 2. The Morgan fingerprint density at radius 2 is 1.36 bits per heavy atom. The summed E-state index contributed by atoms with van der Waals surface area (Å²) in [6, 6.07) is 8.34. The van der Waals surface area contributed by atoms with Crippen molar-refractivity contribution in [3.8, 4) is 11.1 Å². The second-order valence-corrected chi connectivity index (χ2v) is 11.9. The second-order valence-electron chi connectivity index (χ2n) is 8.76. The first-order chi connectivity index (χ1) is 16.6. The number of carbonyl (C=O) groups excluding carboxylic acids is 2. The van der Waals surface area contributed by atoms with Gasteiger partial charge in [-0.05, 0) is 47.9 Å². The second kappa shape index (κ2) is 10.0. The van der Waals surface area contributed by atoms with Crippen molar-refractivity contribution in [3.63, 3.8) is 0 Å². The van der Waals surface area contributed by atoms with E-state index in [2.05, 4.69) is 20.6 Å². The molecule has 0 saturated carbocycles. The number of rotatable bonds is 9. The molecule has 2 heterocycles.